The van der Waals surface area contributed by atoms with Crippen LogP contribution in [0.4, 0.5) is 0 Å². The Hall–Kier alpha value is -3.30. The van der Waals surface area contributed by atoms with Gasteiger partial charge in [-0.2, -0.15) is 12.7 Å². The highest BCUT2D eigenvalue weighted by Gasteiger charge is 2.31. The summed E-state index contributed by atoms with van der Waals surface area (Å²) in [6, 6.07) is 14.1. The van der Waals surface area contributed by atoms with Crippen molar-refractivity contribution >= 4 is 16.2 Å². The standard InChI is InChI=1S/C22H24N2O6S/c1-23(2)31(26,27)24-14-19(15-6-10-17(28-3)11-7-15)20(21(24)22(25)30-5)16-8-12-18(29-4)13-9-16/h6-14H,1-5H3. The van der Waals surface area contributed by atoms with E-state index in [1.165, 1.54) is 27.4 Å². The fourth-order valence-corrected chi connectivity index (χ4v) is 4.16. The van der Waals surface area contributed by atoms with Crippen molar-refractivity contribution < 1.29 is 27.4 Å². The van der Waals surface area contributed by atoms with Gasteiger partial charge in [-0.25, -0.2) is 8.77 Å². The first kappa shape index (κ1) is 22.4. The molecule has 1 heterocycles. The van der Waals surface area contributed by atoms with Gasteiger partial charge in [0.1, 0.15) is 11.5 Å². The topological polar surface area (TPSA) is 87.1 Å². The minimum absolute atomic E-state index is 0.0906. The number of nitrogens with zero attached hydrogens (tertiary/aromatic N) is 2. The molecule has 0 aliphatic rings. The Balaban J connectivity index is 2.39. The number of methoxy groups -OCH3 is 3. The third-order valence-corrected chi connectivity index (χ3v) is 6.55. The number of hydrogen-bond donors (Lipinski definition) is 0. The summed E-state index contributed by atoms with van der Waals surface area (Å²) in [5.74, 6) is 0.522. The summed E-state index contributed by atoms with van der Waals surface area (Å²) < 4.78 is 43.5. The highest BCUT2D eigenvalue weighted by atomic mass is 32.2. The van der Waals surface area contributed by atoms with E-state index in [0.29, 0.717) is 33.8 Å². The van der Waals surface area contributed by atoms with Crippen LogP contribution >= 0.6 is 0 Å². The second-order valence-corrected chi connectivity index (χ2v) is 8.82. The maximum Gasteiger partial charge on any atom is 0.356 e. The molecule has 0 aliphatic carbocycles. The fourth-order valence-electron chi connectivity index (χ4n) is 3.17. The van der Waals surface area contributed by atoms with Crippen LogP contribution in [0.25, 0.3) is 22.3 Å². The van der Waals surface area contributed by atoms with Crippen LogP contribution < -0.4 is 9.47 Å². The van der Waals surface area contributed by atoms with Crippen LogP contribution in [-0.2, 0) is 14.9 Å². The number of esters is 1. The van der Waals surface area contributed by atoms with Crippen LogP contribution in [0.2, 0.25) is 0 Å². The molecule has 0 N–H and O–H groups in total. The van der Waals surface area contributed by atoms with Crippen molar-refractivity contribution in [1.82, 2.24) is 8.28 Å². The highest BCUT2D eigenvalue weighted by Crippen LogP contribution is 2.39. The summed E-state index contributed by atoms with van der Waals surface area (Å²) in [5, 5.41) is 0. The number of hydrogen-bond acceptors (Lipinski definition) is 6. The zero-order valence-electron chi connectivity index (χ0n) is 17.9. The van der Waals surface area contributed by atoms with Gasteiger partial charge in [0, 0.05) is 31.4 Å². The van der Waals surface area contributed by atoms with E-state index in [1.54, 1.807) is 62.8 Å². The van der Waals surface area contributed by atoms with E-state index in [9.17, 15) is 13.2 Å². The normalized spacial score (nSPS) is 11.4. The summed E-state index contributed by atoms with van der Waals surface area (Å²) in [5.41, 5.74) is 2.25. The fraction of sp³-hybridized carbons (Fsp3) is 0.227. The summed E-state index contributed by atoms with van der Waals surface area (Å²) in [4.78, 5) is 12.8. The predicted octanol–water partition coefficient (Wildman–Crippen LogP) is 3.28. The molecule has 2 aromatic carbocycles. The Kier molecular flexibility index (Phi) is 6.37. The summed E-state index contributed by atoms with van der Waals surface area (Å²) in [7, 11) is 3.12. The predicted molar refractivity (Wildman–Crippen MR) is 118 cm³/mol. The second kappa shape index (κ2) is 8.83. The molecule has 9 heteroatoms. The van der Waals surface area contributed by atoms with Gasteiger partial charge in [0.15, 0.2) is 5.69 Å². The van der Waals surface area contributed by atoms with Gasteiger partial charge in [-0.15, -0.1) is 0 Å². The van der Waals surface area contributed by atoms with Crippen molar-refractivity contribution in [3.63, 3.8) is 0 Å². The van der Waals surface area contributed by atoms with Gasteiger partial charge in [0.25, 0.3) is 0 Å². The first-order valence-electron chi connectivity index (χ1n) is 9.30. The monoisotopic (exact) mass is 444 g/mol. The highest BCUT2D eigenvalue weighted by molar-refractivity contribution is 7.87. The average molecular weight is 445 g/mol. The number of benzene rings is 2. The van der Waals surface area contributed by atoms with Crippen LogP contribution in [0.1, 0.15) is 10.5 Å². The van der Waals surface area contributed by atoms with Crippen molar-refractivity contribution in [2.24, 2.45) is 0 Å². The second-order valence-electron chi connectivity index (χ2n) is 6.80. The largest absolute Gasteiger partial charge is 0.497 e. The Morgan fingerprint density at radius 1 is 0.839 bits per heavy atom. The van der Waals surface area contributed by atoms with E-state index in [1.807, 2.05) is 0 Å². The van der Waals surface area contributed by atoms with Gasteiger partial charge >= 0.3 is 16.2 Å². The smallest absolute Gasteiger partial charge is 0.356 e. The van der Waals surface area contributed by atoms with Gasteiger partial charge in [-0.05, 0) is 35.4 Å². The van der Waals surface area contributed by atoms with Crippen LogP contribution in [0.3, 0.4) is 0 Å². The molecule has 1 aromatic heterocycles. The van der Waals surface area contributed by atoms with Crippen LogP contribution in [0.15, 0.2) is 54.7 Å². The third kappa shape index (κ3) is 4.14. The number of aromatic nitrogens is 1. The van der Waals surface area contributed by atoms with Gasteiger partial charge in [-0.1, -0.05) is 24.3 Å². The molecule has 0 saturated heterocycles. The maximum absolute atomic E-state index is 13.0. The molecule has 0 aliphatic heterocycles. The van der Waals surface area contributed by atoms with E-state index in [0.717, 1.165) is 8.28 Å². The minimum atomic E-state index is -4.01. The number of carbonyl (C=O) groups is 1. The van der Waals surface area contributed by atoms with Gasteiger partial charge < -0.3 is 14.2 Å². The molecule has 8 nitrogen and oxygen atoms in total. The van der Waals surface area contributed by atoms with Gasteiger partial charge in [0.05, 0.1) is 21.3 Å². The van der Waals surface area contributed by atoms with Crippen LogP contribution in [0.5, 0.6) is 11.5 Å². The Morgan fingerprint density at radius 2 is 1.32 bits per heavy atom. The Morgan fingerprint density at radius 3 is 1.74 bits per heavy atom. The lowest BCUT2D eigenvalue weighted by atomic mass is 9.96. The first-order valence-corrected chi connectivity index (χ1v) is 10.7. The summed E-state index contributed by atoms with van der Waals surface area (Å²) in [6.07, 6.45) is 1.43. The summed E-state index contributed by atoms with van der Waals surface area (Å²) >= 11 is 0. The molecule has 31 heavy (non-hydrogen) atoms. The quantitative estimate of drug-likeness (QED) is 0.520. The average Bonchev–Trinajstić information content (AvgIpc) is 3.20. The lowest BCUT2D eigenvalue weighted by Gasteiger charge is -2.15. The minimum Gasteiger partial charge on any atom is -0.497 e. The molecule has 0 radical (unpaired) electrons. The van der Waals surface area contributed by atoms with Crippen molar-refractivity contribution in [1.29, 1.82) is 0 Å². The molecule has 3 rings (SSSR count). The molecule has 0 spiro atoms. The number of carbonyl (C=O) groups excluding carboxylic acids is 1. The lowest BCUT2D eigenvalue weighted by molar-refractivity contribution is 0.0593. The lowest BCUT2D eigenvalue weighted by Crippen LogP contribution is -2.30. The van der Waals surface area contributed by atoms with Crippen LogP contribution in [0, 0.1) is 0 Å². The zero-order valence-corrected chi connectivity index (χ0v) is 18.8. The van der Waals surface area contributed by atoms with E-state index in [2.05, 4.69) is 0 Å². The van der Waals surface area contributed by atoms with E-state index < -0.39 is 16.2 Å². The van der Waals surface area contributed by atoms with Crippen molar-refractivity contribution in [2.45, 2.75) is 0 Å². The maximum atomic E-state index is 13.0. The molecule has 3 aromatic rings. The SMILES string of the molecule is COC(=O)c1c(-c2ccc(OC)cc2)c(-c2ccc(OC)cc2)cn1S(=O)(=O)N(C)C. The molecule has 0 bridgehead atoms. The molecule has 0 saturated carbocycles. The van der Waals surface area contributed by atoms with Crippen molar-refractivity contribution in [2.75, 3.05) is 35.4 Å². The molecular weight excluding hydrogens is 420 g/mol. The van der Waals surface area contributed by atoms with Gasteiger partial charge in [-0.3, -0.25) is 0 Å². The van der Waals surface area contributed by atoms with Crippen molar-refractivity contribution in [3.8, 4) is 33.8 Å². The molecular formula is C22H24N2O6S. The number of ether oxygens (including phenoxy) is 3. The molecule has 0 atom stereocenters. The molecule has 0 fully saturated rings. The third-order valence-electron chi connectivity index (χ3n) is 4.84. The van der Waals surface area contributed by atoms with E-state index in [-0.39, 0.29) is 5.69 Å². The van der Waals surface area contributed by atoms with Crippen molar-refractivity contribution in [3.05, 3.63) is 60.4 Å². The Bertz CT molecular complexity index is 1180. The van der Waals surface area contributed by atoms with E-state index >= 15 is 0 Å². The first-order chi connectivity index (χ1) is 14.7. The van der Waals surface area contributed by atoms with Crippen LogP contribution in [-0.4, -0.2) is 58.1 Å². The van der Waals surface area contributed by atoms with E-state index in [4.69, 9.17) is 14.2 Å². The number of rotatable bonds is 7. The molecule has 164 valence electrons. The summed E-state index contributed by atoms with van der Waals surface area (Å²) in [6.45, 7) is 0. The molecule has 0 unspecified atom stereocenters. The van der Waals surface area contributed by atoms with Gasteiger partial charge in [0.2, 0.25) is 0 Å². The zero-order chi connectivity index (χ0) is 22.8. The molecule has 0 amide bonds. The Labute approximate surface area is 181 Å².